The zero-order valence-corrected chi connectivity index (χ0v) is 13.6. The van der Waals surface area contributed by atoms with Gasteiger partial charge in [0.1, 0.15) is 0 Å². The highest BCUT2D eigenvalue weighted by atomic mass is 16.5. The largest absolute Gasteiger partial charge is 0.490 e. The van der Waals surface area contributed by atoms with Crippen LogP contribution in [0.1, 0.15) is 30.6 Å². The lowest BCUT2D eigenvalue weighted by Crippen LogP contribution is -2.33. The third kappa shape index (κ3) is 6.56. The first-order valence-electron chi connectivity index (χ1n) is 7.39. The van der Waals surface area contributed by atoms with Gasteiger partial charge in [0.2, 0.25) is 0 Å². The van der Waals surface area contributed by atoms with E-state index >= 15 is 0 Å². The van der Waals surface area contributed by atoms with Gasteiger partial charge in [0.05, 0.1) is 6.61 Å². The summed E-state index contributed by atoms with van der Waals surface area (Å²) < 4.78 is 15.5. The minimum absolute atomic E-state index is 0.0269. The molecule has 0 radical (unpaired) electrons. The van der Waals surface area contributed by atoms with Gasteiger partial charge in [0.25, 0.3) is 5.91 Å². The SMILES string of the molecule is CCOc1cc(C(=O)NC(C)CCOC)ccc1OCC(=O)O. The Bertz CT molecular complexity index is 531. The highest BCUT2D eigenvalue weighted by Crippen LogP contribution is 2.28. The number of aliphatic carboxylic acids is 1. The fourth-order valence-corrected chi connectivity index (χ4v) is 1.85. The topological polar surface area (TPSA) is 94.1 Å². The van der Waals surface area contributed by atoms with Gasteiger partial charge in [-0.2, -0.15) is 0 Å². The summed E-state index contributed by atoms with van der Waals surface area (Å²) in [4.78, 5) is 22.8. The van der Waals surface area contributed by atoms with E-state index in [2.05, 4.69) is 5.32 Å². The van der Waals surface area contributed by atoms with Crippen LogP contribution in [0.3, 0.4) is 0 Å². The zero-order valence-electron chi connectivity index (χ0n) is 13.6. The molecule has 0 aliphatic heterocycles. The molecule has 0 heterocycles. The Kier molecular flexibility index (Phi) is 7.90. The van der Waals surface area contributed by atoms with Crippen LogP contribution in [0.2, 0.25) is 0 Å². The Morgan fingerprint density at radius 1 is 1.26 bits per heavy atom. The van der Waals surface area contributed by atoms with Crippen LogP contribution in [0.15, 0.2) is 18.2 Å². The molecule has 0 spiro atoms. The number of methoxy groups -OCH3 is 1. The van der Waals surface area contributed by atoms with Crippen molar-refractivity contribution in [3.63, 3.8) is 0 Å². The molecule has 23 heavy (non-hydrogen) atoms. The molecule has 7 nitrogen and oxygen atoms in total. The van der Waals surface area contributed by atoms with Gasteiger partial charge < -0.3 is 24.6 Å². The van der Waals surface area contributed by atoms with Gasteiger partial charge in [-0.25, -0.2) is 4.79 Å². The highest BCUT2D eigenvalue weighted by Gasteiger charge is 2.14. The molecule has 0 aliphatic carbocycles. The molecule has 1 aromatic carbocycles. The standard InChI is InChI=1S/C16H23NO6/c1-4-22-14-9-12(5-6-13(14)23-10-15(18)19)16(20)17-11(2)7-8-21-3/h5-6,9,11H,4,7-8,10H2,1-3H3,(H,17,20)(H,18,19). The molecule has 1 aromatic rings. The predicted molar refractivity (Wildman–Crippen MR) is 84.2 cm³/mol. The van der Waals surface area contributed by atoms with Gasteiger partial charge >= 0.3 is 5.97 Å². The van der Waals surface area contributed by atoms with Crippen molar-refractivity contribution in [3.05, 3.63) is 23.8 Å². The van der Waals surface area contributed by atoms with Crippen LogP contribution in [0.25, 0.3) is 0 Å². The van der Waals surface area contributed by atoms with Gasteiger partial charge in [-0.15, -0.1) is 0 Å². The number of carboxylic acid groups (broad SMARTS) is 1. The van der Waals surface area contributed by atoms with Crippen molar-refractivity contribution < 1.29 is 28.9 Å². The average molecular weight is 325 g/mol. The number of carbonyl (C=O) groups excluding carboxylic acids is 1. The quantitative estimate of drug-likeness (QED) is 0.680. The molecule has 0 fully saturated rings. The predicted octanol–water partition coefficient (Wildman–Crippen LogP) is 1.70. The molecule has 1 atom stereocenters. The van der Waals surface area contributed by atoms with Gasteiger partial charge in [0, 0.05) is 25.3 Å². The maximum absolute atomic E-state index is 12.2. The number of nitrogens with one attached hydrogen (secondary N) is 1. The Balaban J connectivity index is 2.80. The number of carbonyl (C=O) groups is 2. The van der Waals surface area contributed by atoms with E-state index in [1.807, 2.05) is 6.92 Å². The summed E-state index contributed by atoms with van der Waals surface area (Å²) in [6.07, 6.45) is 0.709. The second-order valence-corrected chi connectivity index (χ2v) is 4.93. The summed E-state index contributed by atoms with van der Waals surface area (Å²) in [7, 11) is 1.61. The number of rotatable bonds is 10. The van der Waals surface area contributed by atoms with E-state index in [4.69, 9.17) is 19.3 Å². The van der Waals surface area contributed by atoms with E-state index in [1.165, 1.54) is 6.07 Å². The van der Waals surface area contributed by atoms with Crippen LogP contribution < -0.4 is 14.8 Å². The summed E-state index contributed by atoms with van der Waals surface area (Å²) in [5.74, 6) is -0.690. The zero-order chi connectivity index (χ0) is 17.2. The van der Waals surface area contributed by atoms with Gasteiger partial charge in [-0.05, 0) is 38.5 Å². The molecule has 2 N–H and O–H groups in total. The van der Waals surface area contributed by atoms with Crippen molar-refractivity contribution in [3.8, 4) is 11.5 Å². The Morgan fingerprint density at radius 2 is 2.00 bits per heavy atom. The number of benzene rings is 1. The molecular formula is C16H23NO6. The number of amides is 1. The summed E-state index contributed by atoms with van der Waals surface area (Å²) >= 11 is 0. The first-order chi connectivity index (χ1) is 11.0. The number of hydrogen-bond acceptors (Lipinski definition) is 5. The second kappa shape index (κ2) is 9.68. The van der Waals surface area contributed by atoms with Crippen LogP contribution in [-0.4, -0.2) is 50.0 Å². The van der Waals surface area contributed by atoms with Crippen molar-refractivity contribution in [2.24, 2.45) is 0 Å². The van der Waals surface area contributed by atoms with E-state index in [1.54, 1.807) is 26.2 Å². The molecule has 0 aromatic heterocycles. The molecule has 0 saturated carbocycles. The van der Waals surface area contributed by atoms with Gasteiger partial charge in [-0.3, -0.25) is 4.79 Å². The van der Waals surface area contributed by atoms with Gasteiger partial charge in [0.15, 0.2) is 18.1 Å². The van der Waals surface area contributed by atoms with Crippen LogP contribution in [-0.2, 0) is 9.53 Å². The van der Waals surface area contributed by atoms with Crippen LogP contribution in [0.4, 0.5) is 0 Å². The van der Waals surface area contributed by atoms with Gasteiger partial charge in [-0.1, -0.05) is 0 Å². The summed E-state index contributed by atoms with van der Waals surface area (Å²) in [5.41, 5.74) is 0.417. The molecule has 7 heteroatoms. The Morgan fingerprint density at radius 3 is 2.61 bits per heavy atom. The van der Waals surface area contributed by atoms with Crippen molar-refractivity contribution in [2.45, 2.75) is 26.3 Å². The molecule has 0 saturated heterocycles. The van der Waals surface area contributed by atoms with Crippen molar-refractivity contribution in [1.29, 1.82) is 0 Å². The average Bonchev–Trinajstić information content (AvgIpc) is 2.51. The lowest BCUT2D eigenvalue weighted by Gasteiger charge is -2.15. The van der Waals surface area contributed by atoms with Crippen molar-refractivity contribution in [1.82, 2.24) is 5.32 Å². The fraction of sp³-hybridized carbons (Fsp3) is 0.500. The highest BCUT2D eigenvalue weighted by molar-refractivity contribution is 5.95. The third-order valence-electron chi connectivity index (χ3n) is 2.99. The molecular weight excluding hydrogens is 302 g/mol. The van der Waals surface area contributed by atoms with Crippen LogP contribution in [0.5, 0.6) is 11.5 Å². The number of carboxylic acids is 1. The molecule has 0 bridgehead atoms. The third-order valence-corrected chi connectivity index (χ3v) is 2.99. The number of ether oxygens (including phenoxy) is 3. The van der Waals surface area contributed by atoms with Crippen molar-refractivity contribution >= 4 is 11.9 Å². The van der Waals surface area contributed by atoms with E-state index in [0.717, 1.165) is 0 Å². The fourth-order valence-electron chi connectivity index (χ4n) is 1.85. The van der Waals surface area contributed by atoms with E-state index in [0.29, 0.717) is 36.7 Å². The van der Waals surface area contributed by atoms with E-state index < -0.39 is 12.6 Å². The summed E-state index contributed by atoms with van der Waals surface area (Å²) in [5, 5.41) is 11.5. The van der Waals surface area contributed by atoms with Crippen LogP contribution >= 0.6 is 0 Å². The van der Waals surface area contributed by atoms with Crippen LogP contribution in [0, 0.1) is 0 Å². The smallest absolute Gasteiger partial charge is 0.341 e. The lowest BCUT2D eigenvalue weighted by molar-refractivity contribution is -0.139. The minimum atomic E-state index is -1.08. The van der Waals surface area contributed by atoms with Crippen molar-refractivity contribution in [2.75, 3.05) is 26.9 Å². The Hall–Kier alpha value is -2.28. The minimum Gasteiger partial charge on any atom is -0.490 e. The monoisotopic (exact) mass is 325 g/mol. The summed E-state index contributed by atoms with van der Waals surface area (Å²) in [6.45, 7) is 4.15. The molecule has 1 amide bonds. The second-order valence-electron chi connectivity index (χ2n) is 4.93. The normalized spacial score (nSPS) is 11.6. The first-order valence-corrected chi connectivity index (χ1v) is 7.39. The van der Waals surface area contributed by atoms with E-state index in [9.17, 15) is 9.59 Å². The first kappa shape index (κ1) is 18.8. The maximum Gasteiger partial charge on any atom is 0.341 e. The maximum atomic E-state index is 12.2. The molecule has 0 aliphatic rings. The summed E-state index contributed by atoms with van der Waals surface area (Å²) in [6, 6.07) is 4.61. The Labute approximate surface area is 135 Å². The molecule has 1 rings (SSSR count). The molecule has 128 valence electrons. The lowest BCUT2D eigenvalue weighted by atomic mass is 10.1. The molecule has 1 unspecified atom stereocenters. The van der Waals surface area contributed by atoms with E-state index in [-0.39, 0.29) is 11.9 Å². The number of hydrogen-bond donors (Lipinski definition) is 2.